The van der Waals surface area contributed by atoms with Gasteiger partial charge in [0.1, 0.15) is 11.9 Å². The number of amides is 1. The number of methoxy groups -OCH3 is 1. The van der Waals surface area contributed by atoms with Crippen molar-refractivity contribution in [3.63, 3.8) is 0 Å². The second-order valence-electron chi connectivity index (χ2n) is 9.68. The van der Waals surface area contributed by atoms with Crippen LogP contribution in [-0.4, -0.2) is 35.9 Å². The predicted molar refractivity (Wildman–Crippen MR) is 125 cm³/mol. The molecule has 1 amide bonds. The minimum atomic E-state index is -0.674. The normalized spacial score (nSPS) is 28.4. The van der Waals surface area contributed by atoms with Gasteiger partial charge in [0.2, 0.25) is 0 Å². The van der Waals surface area contributed by atoms with Gasteiger partial charge in [0, 0.05) is 6.20 Å². The highest BCUT2D eigenvalue weighted by Crippen LogP contribution is 2.49. The lowest BCUT2D eigenvalue weighted by Gasteiger charge is -2.40. The van der Waals surface area contributed by atoms with E-state index in [0.717, 1.165) is 18.4 Å². The number of pyridine rings is 1. The van der Waals surface area contributed by atoms with Crippen LogP contribution >= 0.6 is 0 Å². The van der Waals surface area contributed by atoms with E-state index in [4.69, 9.17) is 9.47 Å². The van der Waals surface area contributed by atoms with Gasteiger partial charge in [-0.2, -0.15) is 0 Å². The Morgan fingerprint density at radius 2 is 1.79 bits per heavy atom. The van der Waals surface area contributed by atoms with E-state index in [1.807, 2.05) is 19.1 Å². The maximum Gasteiger partial charge on any atom is 0.337 e. The Balaban J connectivity index is 1.62. The molecular formula is C27H28N2O5. The molecule has 7 heteroatoms. The minimum Gasteiger partial charge on any atom is -0.483 e. The van der Waals surface area contributed by atoms with Crippen LogP contribution in [0.5, 0.6) is 0 Å². The van der Waals surface area contributed by atoms with Crippen molar-refractivity contribution in [2.24, 2.45) is 17.8 Å². The van der Waals surface area contributed by atoms with Crippen LogP contribution in [0, 0.1) is 24.7 Å². The summed E-state index contributed by atoms with van der Waals surface area (Å²) in [6.07, 6.45) is 2.86. The number of ether oxygens (including phenoxy) is 2. The fraction of sp³-hybridized carbons (Fsp3) is 0.407. The van der Waals surface area contributed by atoms with Crippen molar-refractivity contribution in [3.05, 3.63) is 70.6 Å². The Bertz CT molecular complexity index is 1200. The number of esters is 1. The Morgan fingerprint density at radius 3 is 2.47 bits per heavy atom. The molecule has 1 saturated carbocycles. The lowest BCUT2D eigenvalue weighted by Crippen LogP contribution is -2.43. The summed E-state index contributed by atoms with van der Waals surface area (Å²) in [4.78, 5) is 45.5. The van der Waals surface area contributed by atoms with E-state index in [9.17, 15) is 14.4 Å². The molecule has 1 aromatic carbocycles. The number of rotatable bonds is 3. The quantitative estimate of drug-likeness (QED) is 0.639. The maximum atomic E-state index is 13.9. The number of carbonyl (C=O) groups is 3. The summed E-state index contributed by atoms with van der Waals surface area (Å²) < 4.78 is 11.1. The molecule has 1 fully saturated rings. The number of benzene rings is 1. The third-order valence-corrected chi connectivity index (χ3v) is 7.51. The highest BCUT2D eigenvalue weighted by molar-refractivity contribution is 6.17. The molecule has 3 aliphatic rings. The second-order valence-corrected chi connectivity index (χ2v) is 9.68. The zero-order chi connectivity index (χ0) is 24.1. The van der Waals surface area contributed by atoms with Crippen molar-refractivity contribution in [2.45, 2.75) is 45.8 Å². The molecule has 0 N–H and O–H groups in total. The van der Waals surface area contributed by atoms with Crippen LogP contribution in [0.2, 0.25) is 0 Å². The van der Waals surface area contributed by atoms with Crippen molar-refractivity contribution < 1.29 is 23.9 Å². The average Bonchev–Trinajstić information content (AvgIpc) is 3.12. The summed E-state index contributed by atoms with van der Waals surface area (Å²) in [5.74, 6) is 0.338. The Morgan fingerprint density at radius 1 is 1.09 bits per heavy atom. The lowest BCUT2D eigenvalue weighted by atomic mass is 9.70. The van der Waals surface area contributed by atoms with Crippen molar-refractivity contribution in [3.8, 4) is 0 Å². The van der Waals surface area contributed by atoms with Crippen LogP contribution in [0.1, 0.15) is 54.2 Å². The molecule has 0 radical (unpaired) electrons. The second kappa shape index (κ2) is 8.38. The summed E-state index contributed by atoms with van der Waals surface area (Å²) in [5, 5.41) is 0. The highest BCUT2D eigenvalue weighted by Gasteiger charge is 2.54. The SMILES string of the molecule is COC(=O)c1ccc(C2C3=C(OC4CC(C)C(C)CC4C3=O)C(=O)N2c2cc(C)ccn2)cc1. The highest BCUT2D eigenvalue weighted by atomic mass is 16.5. The standard InChI is InChI=1S/C27H28N2O5/c1-14-9-10-28-21(11-14)29-23(17-5-7-18(8-6-17)27(32)33-4)22-24(30)19-12-15(2)16(3)13-20(19)34-25(22)26(29)31/h5-11,15-16,19-20,23H,12-13H2,1-4H3. The van der Waals surface area contributed by atoms with Gasteiger partial charge in [-0.05, 0) is 67.0 Å². The summed E-state index contributed by atoms with van der Waals surface area (Å²) in [6.45, 7) is 6.27. The molecule has 5 atom stereocenters. The van der Waals surface area contributed by atoms with Gasteiger partial charge in [-0.25, -0.2) is 9.78 Å². The molecule has 0 saturated heterocycles. The molecule has 5 unspecified atom stereocenters. The number of anilines is 1. The third kappa shape index (κ3) is 3.50. The van der Waals surface area contributed by atoms with Gasteiger partial charge < -0.3 is 9.47 Å². The number of carbonyl (C=O) groups excluding carboxylic acids is 3. The summed E-state index contributed by atoms with van der Waals surface area (Å²) >= 11 is 0. The topological polar surface area (TPSA) is 85.8 Å². The summed E-state index contributed by atoms with van der Waals surface area (Å²) in [6, 6.07) is 9.82. The number of aryl methyl sites for hydroxylation is 1. The zero-order valence-electron chi connectivity index (χ0n) is 19.8. The molecule has 2 aliphatic heterocycles. The van der Waals surface area contributed by atoms with Gasteiger partial charge in [0.25, 0.3) is 5.91 Å². The molecule has 1 aromatic heterocycles. The number of fused-ring (bicyclic) bond motifs is 1. The van der Waals surface area contributed by atoms with Gasteiger partial charge in [-0.1, -0.05) is 26.0 Å². The number of Topliss-reactive ketones (excluding diaryl/α,β-unsaturated/α-hetero) is 1. The van der Waals surface area contributed by atoms with Crippen LogP contribution in [-0.2, 0) is 19.1 Å². The first kappa shape index (κ1) is 22.3. The first-order valence-corrected chi connectivity index (χ1v) is 11.7. The molecule has 3 heterocycles. The number of hydrogen-bond donors (Lipinski definition) is 0. The van der Waals surface area contributed by atoms with Crippen LogP contribution in [0.4, 0.5) is 5.82 Å². The van der Waals surface area contributed by atoms with Gasteiger partial charge in [0.15, 0.2) is 11.5 Å². The first-order chi connectivity index (χ1) is 16.3. The van der Waals surface area contributed by atoms with E-state index < -0.39 is 12.0 Å². The predicted octanol–water partition coefficient (Wildman–Crippen LogP) is 4.17. The zero-order valence-corrected chi connectivity index (χ0v) is 19.8. The van der Waals surface area contributed by atoms with Crippen molar-refractivity contribution in [1.29, 1.82) is 0 Å². The van der Waals surface area contributed by atoms with Crippen molar-refractivity contribution >= 4 is 23.5 Å². The molecule has 0 spiro atoms. The summed E-state index contributed by atoms with van der Waals surface area (Å²) in [7, 11) is 1.33. The third-order valence-electron chi connectivity index (χ3n) is 7.51. The van der Waals surface area contributed by atoms with E-state index in [1.165, 1.54) is 7.11 Å². The molecule has 5 rings (SSSR count). The molecule has 34 heavy (non-hydrogen) atoms. The minimum absolute atomic E-state index is 0.0180. The average molecular weight is 461 g/mol. The Hall–Kier alpha value is -3.48. The molecule has 176 valence electrons. The number of aromatic nitrogens is 1. The largest absolute Gasteiger partial charge is 0.483 e. The van der Waals surface area contributed by atoms with Crippen molar-refractivity contribution in [2.75, 3.05) is 12.0 Å². The Labute approximate surface area is 198 Å². The first-order valence-electron chi connectivity index (χ1n) is 11.7. The van der Waals surface area contributed by atoms with Crippen LogP contribution in [0.15, 0.2) is 53.9 Å². The van der Waals surface area contributed by atoms with Gasteiger partial charge in [0.05, 0.1) is 30.2 Å². The van der Waals surface area contributed by atoms with E-state index in [1.54, 1.807) is 35.4 Å². The van der Waals surface area contributed by atoms with Gasteiger partial charge in [-0.3, -0.25) is 14.5 Å². The fourth-order valence-corrected chi connectivity index (χ4v) is 5.38. The van der Waals surface area contributed by atoms with E-state index >= 15 is 0 Å². The summed E-state index contributed by atoms with van der Waals surface area (Å²) in [5.41, 5.74) is 2.45. The van der Waals surface area contributed by atoms with Gasteiger partial charge >= 0.3 is 5.97 Å². The van der Waals surface area contributed by atoms with Crippen LogP contribution in [0.25, 0.3) is 0 Å². The molecular weight excluding hydrogens is 432 g/mol. The number of nitrogens with zero attached hydrogens (tertiary/aromatic N) is 2. The molecule has 2 aromatic rings. The van der Waals surface area contributed by atoms with E-state index in [2.05, 4.69) is 18.8 Å². The number of ketones is 1. The maximum absolute atomic E-state index is 13.9. The van der Waals surface area contributed by atoms with Crippen LogP contribution in [0.3, 0.4) is 0 Å². The van der Waals surface area contributed by atoms with Gasteiger partial charge in [-0.15, -0.1) is 0 Å². The fourth-order valence-electron chi connectivity index (χ4n) is 5.38. The van der Waals surface area contributed by atoms with E-state index in [0.29, 0.717) is 34.4 Å². The smallest absolute Gasteiger partial charge is 0.337 e. The Kier molecular flexibility index (Phi) is 5.50. The lowest BCUT2D eigenvalue weighted by molar-refractivity contribution is -0.134. The van der Waals surface area contributed by atoms with E-state index in [-0.39, 0.29) is 29.5 Å². The van der Waals surface area contributed by atoms with Crippen molar-refractivity contribution in [1.82, 2.24) is 4.98 Å². The van der Waals surface area contributed by atoms with Crippen LogP contribution < -0.4 is 4.90 Å². The number of hydrogen-bond acceptors (Lipinski definition) is 6. The molecule has 1 aliphatic carbocycles. The monoisotopic (exact) mass is 460 g/mol. The molecule has 7 nitrogen and oxygen atoms in total. The molecule has 0 bridgehead atoms.